The Morgan fingerprint density at radius 3 is 2.53 bits per heavy atom. The van der Waals surface area contributed by atoms with Crippen molar-refractivity contribution in [1.82, 2.24) is 19.9 Å². The summed E-state index contributed by atoms with van der Waals surface area (Å²) in [5.41, 5.74) is 4.80. The molecule has 0 radical (unpaired) electrons. The maximum absolute atomic E-state index is 13.2. The van der Waals surface area contributed by atoms with Crippen molar-refractivity contribution in [2.45, 2.75) is 32.7 Å². The quantitative estimate of drug-likeness (QED) is 0.313. The SMILES string of the molecule is Cc1cccc(NC(=O)c2ccnc(N3CCCC3)c2)c1-c1ccc(C(=O)NCCCn2ccnc2)cc1. The van der Waals surface area contributed by atoms with E-state index in [0.29, 0.717) is 17.7 Å². The molecule has 0 bridgehead atoms. The first-order chi connectivity index (χ1) is 18.6. The van der Waals surface area contributed by atoms with Gasteiger partial charge in [0, 0.05) is 67.1 Å². The highest BCUT2D eigenvalue weighted by Crippen LogP contribution is 2.32. The Kier molecular flexibility index (Phi) is 7.78. The zero-order valence-electron chi connectivity index (χ0n) is 21.6. The van der Waals surface area contributed by atoms with Crippen LogP contribution in [0.25, 0.3) is 11.1 Å². The molecule has 3 heterocycles. The van der Waals surface area contributed by atoms with Gasteiger partial charge in [0.2, 0.25) is 0 Å². The molecule has 8 heteroatoms. The van der Waals surface area contributed by atoms with Crippen LogP contribution in [0.5, 0.6) is 0 Å². The molecule has 1 aliphatic rings. The molecule has 194 valence electrons. The van der Waals surface area contributed by atoms with Gasteiger partial charge in [0.15, 0.2) is 0 Å². The number of amides is 2. The summed E-state index contributed by atoms with van der Waals surface area (Å²) < 4.78 is 1.99. The monoisotopic (exact) mass is 508 g/mol. The molecule has 0 saturated carbocycles. The summed E-state index contributed by atoms with van der Waals surface area (Å²) in [6, 6.07) is 17.0. The first-order valence-corrected chi connectivity index (χ1v) is 13.0. The average molecular weight is 509 g/mol. The van der Waals surface area contributed by atoms with Gasteiger partial charge in [-0.1, -0.05) is 24.3 Å². The van der Waals surface area contributed by atoms with Crippen LogP contribution in [-0.2, 0) is 6.54 Å². The molecule has 4 aromatic rings. The molecule has 2 aromatic carbocycles. The largest absolute Gasteiger partial charge is 0.357 e. The van der Waals surface area contributed by atoms with Crippen molar-refractivity contribution >= 4 is 23.3 Å². The summed E-state index contributed by atoms with van der Waals surface area (Å²) in [4.78, 5) is 36.5. The third kappa shape index (κ3) is 5.91. The van der Waals surface area contributed by atoms with Crippen LogP contribution in [0.15, 0.2) is 79.5 Å². The predicted molar refractivity (Wildman–Crippen MR) is 149 cm³/mol. The number of pyridine rings is 1. The molecule has 2 amide bonds. The Hall–Kier alpha value is -4.46. The van der Waals surface area contributed by atoms with Crippen LogP contribution in [0.3, 0.4) is 0 Å². The molecule has 2 N–H and O–H groups in total. The van der Waals surface area contributed by atoms with Gasteiger partial charge in [0.05, 0.1) is 6.33 Å². The van der Waals surface area contributed by atoms with E-state index in [1.165, 1.54) is 0 Å². The van der Waals surface area contributed by atoms with Gasteiger partial charge in [-0.2, -0.15) is 0 Å². The molecule has 38 heavy (non-hydrogen) atoms. The van der Waals surface area contributed by atoms with Gasteiger partial charge in [-0.15, -0.1) is 0 Å². The minimum absolute atomic E-state index is 0.105. The fraction of sp³-hybridized carbons (Fsp3) is 0.267. The van der Waals surface area contributed by atoms with E-state index in [4.69, 9.17) is 0 Å². The molecule has 5 rings (SSSR count). The molecule has 1 saturated heterocycles. The Labute approximate surface area is 222 Å². The van der Waals surface area contributed by atoms with Crippen LogP contribution >= 0.6 is 0 Å². The number of nitrogens with zero attached hydrogens (tertiary/aromatic N) is 4. The van der Waals surface area contributed by atoms with Gasteiger partial charge in [-0.05, 0) is 67.6 Å². The van der Waals surface area contributed by atoms with Gasteiger partial charge in [0.1, 0.15) is 5.82 Å². The zero-order chi connectivity index (χ0) is 26.3. The lowest BCUT2D eigenvalue weighted by atomic mass is 9.97. The van der Waals surface area contributed by atoms with Crippen LogP contribution in [-0.4, -0.2) is 46.0 Å². The van der Waals surface area contributed by atoms with Crippen molar-refractivity contribution < 1.29 is 9.59 Å². The summed E-state index contributed by atoms with van der Waals surface area (Å²) in [7, 11) is 0. The summed E-state index contributed by atoms with van der Waals surface area (Å²) >= 11 is 0. The number of carbonyl (C=O) groups is 2. The van der Waals surface area contributed by atoms with Gasteiger partial charge in [0.25, 0.3) is 11.8 Å². The van der Waals surface area contributed by atoms with Crippen molar-refractivity contribution in [1.29, 1.82) is 0 Å². The molecule has 0 atom stereocenters. The number of hydrogen-bond donors (Lipinski definition) is 2. The van der Waals surface area contributed by atoms with E-state index in [9.17, 15) is 9.59 Å². The molecule has 0 unspecified atom stereocenters. The number of nitrogens with one attached hydrogen (secondary N) is 2. The van der Waals surface area contributed by atoms with E-state index in [1.807, 2.05) is 66.2 Å². The minimum Gasteiger partial charge on any atom is -0.357 e. The van der Waals surface area contributed by atoms with Gasteiger partial charge < -0.3 is 20.1 Å². The van der Waals surface area contributed by atoms with Crippen LogP contribution in [0.1, 0.15) is 45.5 Å². The van der Waals surface area contributed by atoms with E-state index >= 15 is 0 Å². The number of hydrogen-bond acceptors (Lipinski definition) is 5. The lowest BCUT2D eigenvalue weighted by Crippen LogP contribution is -2.25. The average Bonchev–Trinajstić information content (AvgIpc) is 3.66. The van der Waals surface area contributed by atoms with Gasteiger partial charge in [-0.3, -0.25) is 9.59 Å². The standard InChI is InChI=1S/C30H32N6O2/c1-22-6-4-7-26(34-30(38)25-12-14-32-27(20-25)36-17-2-3-18-36)28(22)23-8-10-24(11-9-23)29(37)33-13-5-16-35-19-15-31-21-35/h4,6-12,14-15,19-21H,2-3,5,13,16-18H2,1H3,(H,33,37)(H,34,38). The maximum Gasteiger partial charge on any atom is 0.255 e. The Morgan fingerprint density at radius 1 is 0.947 bits per heavy atom. The number of aromatic nitrogens is 3. The zero-order valence-corrected chi connectivity index (χ0v) is 21.6. The second kappa shape index (κ2) is 11.7. The van der Waals surface area contributed by atoms with Crippen LogP contribution in [0, 0.1) is 6.92 Å². The highest BCUT2D eigenvalue weighted by Gasteiger charge is 2.17. The predicted octanol–water partition coefficient (Wildman–Crippen LogP) is 4.93. The number of imidazole rings is 1. The lowest BCUT2D eigenvalue weighted by Gasteiger charge is -2.17. The lowest BCUT2D eigenvalue weighted by molar-refractivity contribution is 0.0952. The molecule has 1 aliphatic heterocycles. The third-order valence-electron chi connectivity index (χ3n) is 6.83. The van der Waals surface area contributed by atoms with Gasteiger partial charge >= 0.3 is 0 Å². The summed E-state index contributed by atoms with van der Waals surface area (Å²) in [5, 5.41) is 6.07. The first-order valence-electron chi connectivity index (χ1n) is 13.0. The number of benzene rings is 2. The summed E-state index contributed by atoms with van der Waals surface area (Å²) in [6.45, 7) is 5.35. The fourth-order valence-corrected chi connectivity index (χ4v) is 4.80. The first kappa shape index (κ1) is 25.2. The maximum atomic E-state index is 13.2. The minimum atomic E-state index is -0.175. The molecular formula is C30H32N6O2. The fourth-order valence-electron chi connectivity index (χ4n) is 4.80. The summed E-state index contributed by atoms with van der Waals surface area (Å²) in [5.74, 6) is 0.564. The van der Waals surface area contributed by atoms with Crippen LogP contribution in [0.2, 0.25) is 0 Å². The molecule has 0 spiro atoms. The molecule has 0 aliphatic carbocycles. The molecule has 8 nitrogen and oxygen atoms in total. The third-order valence-corrected chi connectivity index (χ3v) is 6.83. The molecule has 1 fully saturated rings. The van der Waals surface area contributed by atoms with Crippen molar-refractivity contribution in [2.24, 2.45) is 0 Å². The van der Waals surface area contributed by atoms with Crippen molar-refractivity contribution in [3.05, 3.63) is 96.2 Å². The number of rotatable bonds is 9. The second-order valence-electron chi connectivity index (χ2n) is 9.54. The number of aryl methyl sites for hydroxylation is 2. The number of carbonyl (C=O) groups excluding carboxylic acids is 2. The van der Waals surface area contributed by atoms with Gasteiger partial charge in [-0.25, -0.2) is 9.97 Å². The Balaban J connectivity index is 1.26. The van der Waals surface area contributed by atoms with E-state index in [1.54, 1.807) is 24.8 Å². The van der Waals surface area contributed by atoms with E-state index < -0.39 is 0 Å². The Bertz CT molecular complexity index is 1390. The summed E-state index contributed by atoms with van der Waals surface area (Å²) in [6.07, 6.45) is 10.2. The van der Waals surface area contributed by atoms with E-state index in [0.717, 1.165) is 67.1 Å². The highest BCUT2D eigenvalue weighted by molar-refractivity contribution is 6.07. The molecule has 2 aromatic heterocycles. The van der Waals surface area contributed by atoms with Crippen molar-refractivity contribution in [2.75, 3.05) is 29.9 Å². The molecular weight excluding hydrogens is 476 g/mol. The van der Waals surface area contributed by atoms with E-state index in [-0.39, 0.29) is 11.8 Å². The Morgan fingerprint density at radius 2 is 1.76 bits per heavy atom. The number of anilines is 2. The van der Waals surface area contributed by atoms with Crippen LogP contribution < -0.4 is 15.5 Å². The topological polar surface area (TPSA) is 92.1 Å². The van der Waals surface area contributed by atoms with Crippen molar-refractivity contribution in [3.63, 3.8) is 0 Å². The van der Waals surface area contributed by atoms with E-state index in [2.05, 4.69) is 25.5 Å². The smallest absolute Gasteiger partial charge is 0.255 e. The van der Waals surface area contributed by atoms with Crippen molar-refractivity contribution in [3.8, 4) is 11.1 Å². The van der Waals surface area contributed by atoms with Crippen LogP contribution in [0.4, 0.5) is 11.5 Å². The normalized spacial score (nSPS) is 12.9. The second-order valence-corrected chi connectivity index (χ2v) is 9.54. The highest BCUT2D eigenvalue weighted by atomic mass is 16.2.